The minimum absolute atomic E-state index is 0.375. The lowest BCUT2D eigenvalue weighted by Gasteiger charge is -2.15. The Morgan fingerprint density at radius 3 is 2.73 bits per heavy atom. The van der Waals surface area contributed by atoms with E-state index in [0.29, 0.717) is 6.04 Å². The van der Waals surface area contributed by atoms with Crippen molar-refractivity contribution in [2.24, 2.45) is 0 Å². The summed E-state index contributed by atoms with van der Waals surface area (Å²) in [7, 11) is 1.72. The van der Waals surface area contributed by atoms with E-state index in [1.54, 1.807) is 18.9 Å². The van der Waals surface area contributed by atoms with Crippen LogP contribution in [0.25, 0.3) is 0 Å². The Morgan fingerprint density at radius 2 is 2.20 bits per heavy atom. The van der Waals surface area contributed by atoms with Gasteiger partial charge in [0.15, 0.2) is 0 Å². The lowest BCUT2D eigenvalue weighted by Crippen LogP contribution is -2.17. The highest BCUT2D eigenvalue weighted by atomic mass is 32.2. The van der Waals surface area contributed by atoms with Gasteiger partial charge in [-0.05, 0) is 37.4 Å². The van der Waals surface area contributed by atoms with Gasteiger partial charge in [-0.2, -0.15) is 0 Å². The van der Waals surface area contributed by atoms with Crippen LogP contribution in [0.4, 0.5) is 0 Å². The number of hydrogen-bond acceptors (Lipinski definition) is 3. The molecule has 0 bridgehead atoms. The standard InChI is InChI=1S/C12H19NOS/c1-5-13-9(2)10-6-7-12(15-4)11(8-10)14-3/h6-9,13H,5H2,1-4H3. The minimum Gasteiger partial charge on any atom is -0.496 e. The fourth-order valence-corrected chi connectivity index (χ4v) is 2.09. The highest BCUT2D eigenvalue weighted by molar-refractivity contribution is 7.98. The Balaban J connectivity index is 2.92. The second-order valence-corrected chi connectivity index (χ2v) is 4.24. The Morgan fingerprint density at radius 1 is 1.47 bits per heavy atom. The van der Waals surface area contributed by atoms with Crippen LogP contribution >= 0.6 is 11.8 Å². The fraction of sp³-hybridized carbons (Fsp3) is 0.500. The molecule has 0 saturated heterocycles. The molecule has 1 aromatic carbocycles. The van der Waals surface area contributed by atoms with Crippen molar-refractivity contribution in [3.8, 4) is 5.75 Å². The van der Waals surface area contributed by atoms with Gasteiger partial charge in [0.05, 0.1) is 7.11 Å². The number of benzene rings is 1. The van der Waals surface area contributed by atoms with Crippen LogP contribution in [0.5, 0.6) is 5.75 Å². The second-order valence-electron chi connectivity index (χ2n) is 3.39. The fourth-order valence-electron chi connectivity index (χ4n) is 1.55. The van der Waals surface area contributed by atoms with E-state index in [9.17, 15) is 0 Å². The quantitative estimate of drug-likeness (QED) is 0.778. The van der Waals surface area contributed by atoms with Crippen molar-refractivity contribution >= 4 is 11.8 Å². The van der Waals surface area contributed by atoms with Crippen molar-refractivity contribution in [3.63, 3.8) is 0 Å². The predicted molar refractivity (Wildman–Crippen MR) is 66.9 cm³/mol. The number of ether oxygens (including phenoxy) is 1. The lowest BCUT2D eigenvalue weighted by molar-refractivity contribution is 0.403. The number of hydrogen-bond donors (Lipinski definition) is 1. The maximum Gasteiger partial charge on any atom is 0.132 e. The Labute approximate surface area is 96.4 Å². The molecule has 3 heteroatoms. The molecule has 0 aliphatic rings. The van der Waals surface area contributed by atoms with Crippen LogP contribution < -0.4 is 10.1 Å². The summed E-state index contributed by atoms with van der Waals surface area (Å²) in [5.74, 6) is 0.963. The minimum atomic E-state index is 0.375. The van der Waals surface area contributed by atoms with Gasteiger partial charge in [-0.15, -0.1) is 11.8 Å². The van der Waals surface area contributed by atoms with Gasteiger partial charge in [0, 0.05) is 10.9 Å². The van der Waals surface area contributed by atoms with Crippen molar-refractivity contribution in [1.29, 1.82) is 0 Å². The van der Waals surface area contributed by atoms with Crippen molar-refractivity contribution in [2.45, 2.75) is 24.8 Å². The molecule has 1 aromatic rings. The molecule has 2 nitrogen and oxygen atoms in total. The lowest BCUT2D eigenvalue weighted by atomic mass is 10.1. The summed E-state index contributed by atoms with van der Waals surface area (Å²) in [6.07, 6.45) is 2.06. The molecular formula is C12H19NOS. The van der Waals surface area contributed by atoms with Crippen molar-refractivity contribution in [3.05, 3.63) is 23.8 Å². The van der Waals surface area contributed by atoms with Crippen molar-refractivity contribution in [2.75, 3.05) is 19.9 Å². The predicted octanol–water partition coefficient (Wildman–Crippen LogP) is 3.09. The summed E-state index contributed by atoms with van der Waals surface area (Å²) in [5.41, 5.74) is 1.27. The highest BCUT2D eigenvalue weighted by Gasteiger charge is 2.07. The SMILES string of the molecule is CCNC(C)c1ccc(SC)c(OC)c1. The molecular weight excluding hydrogens is 206 g/mol. The van der Waals surface area contributed by atoms with Crippen LogP contribution in [0.2, 0.25) is 0 Å². The third-order valence-electron chi connectivity index (χ3n) is 2.42. The third-order valence-corrected chi connectivity index (χ3v) is 3.20. The molecule has 0 saturated carbocycles. The normalized spacial score (nSPS) is 12.5. The van der Waals surface area contributed by atoms with Crippen LogP contribution in [-0.4, -0.2) is 19.9 Å². The third kappa shape index (κ3) is 3.14. The van der Waals surface area contributed by atoms with Crippen LogP contribution in [0.3, 0.4) is 0 Å². The summed E-state index contributed by atoms with van der Waals surface area (Å²) in [6.45, 7) is 5.26. The topological polar surface area (TPSA) is 21.3 Å². The van der Waals surface area contributed by atoms with Gasteiger partial charge < -0.3 is 10.1 Å². The molecule has 84 valence electrons. The van der Waals surface area contributed by atoms with Gasteiger partial charge in [0.25, 0.3) is 0 Å². The maximum absolute atomic E-state index is 5.36. The van der Waals surface area contributed by atoms with Crippen molar-refractivity contribution in [1.82, 2.24) is 5.32 Å². The van der Waals surface area contributed by atoms with Gasteiger partial charge in [0.2, 0.25) is 0 Å². The van der Waals surface area contributed by atoms with Crippen LogP contribution in [-0.2, 0) is 0 Å². The van der Waals surface area contributed by atoms with Crippen molar-refractivity contribution < 1.29 is 4.74 Å². The first kappa shape index (κ1) is 12.4. The van der Waals surface area contributed by atoms with E-state index in [-0.39, 0.29) is 0 Å². The van der Waals surface area contributed by atoms with Gasteiger partial charge in [-0.1, -0.05) is 13.0 Å². The number of thioether (sulfide) groups is 1. The van der Waals surface area contributed by atoms with Crippen LogP contribution in [0.15, 0.2) is 23.1 Å². The number of nitrogens with one attached hydrogen (secondary N) is 1. The Bertz CT molecular complexity index is 314. The number of rotatable bonds is 5. The van der Waals surface area contributed by atoms with E-state index in [0.717, 1.165) is 12.3 Å². The Hall–Kier alpha value is -0.670. The summed E-state index contributed by atoms with van der Waals surface area (Å²) in [5, 5.41) is 3.39. The zero-order chi connectivity index (χ0) is 11.3. The molecule has 0 heterocycles. The van der Waals surface area contributed by atoms with Gasteiger partial charge >= 0.3 is 0 Å². The average molecular weight is 225 g/mol. The van der Waals surface area contributed by atoms with Gasteiger partial charge in [-0.25, -0.2) is 0 Å². The first-order valence-electron chi connectivity index (χ1n) is 5.18. The first-order chi connectivity index (χ1) is 7.22. The maximum atomic E-state index is 5.36. The summed E-state index contributed by atoms with van der Waals surface area (Å²) in [4.78, 5) is 1.19. The average Bonchev–Trinajstić information content (AvgIpc) is 2.28. The van der Waals surface area contributed by atoms with Crippen LogP contribution in [0, 0.1) is 0 Å². The van der Waals surface area contributed by atoms with Gasteiger partial charge in [-0.3, -0.25) is 0 Å². The Kier molecular flexibility index (Phi) is 4.99. The molecule has 1 unspecified atom stereocenters. The summed E-state index contributed by atoms with van der Waals surface area (Å²) < 4.78 is 5.36. The van der Waals surface area contributed by atoms with E-state index >= 15 is 0 Å². The largest absolute Gasteiger partial charge is 0.496 e. The highest BCUT2D eigenvalue weighted by Crippen LogP contribution is 2.30. The molecule has 0 radical (unpaired) electrons. The second kappa shape index (κ2) is 6.03. The molecule has 0 fully saturated rings. The van der Waals surface area contributed by atoms with E-state index in [2.05, 4.69) is 43.6 Å². The van der Waals surface area contributed by atoms with E-state index in [1.807, 2.05) is 0 Å². The van der Waals surface area contributed by atoms with E-state index < -0.39 is 0 Å². The van der Waals surface area contributed by atoms with E-state index in [1.165, 1.54) is 10.5 Å². The van der Waals surface area contributed by atoms with E-state index in [4.69, 9.17) is 4.74 Å². The summed E-state index contributed by atoms with van der Waals surface area (Å²) >= 11 is 1.71. The molecule has 1 rings (SSSR count). The molecule has 0 aliphatic carbocycles. The molecule has 15 heavy (non-hydrogen) atoms. The smallest absolute Gasteiger partial charge is 0.132 e. The summed E-state index contributed by atoms with van der Waals surface area (Å²) in [6, 6.07) is 6.76. The van der Waals surface area contributed by atoms with Crippen LogP contribution in [0.1, 0.15) is 25.5 Å². The molecule has 0 spiro atoms. The number of methoxy groups -OCH3 is 1. The molecule has 1 atom stereocenters. The molecule has 0 amide bonds. The monoisotopic (exact) mass is 225 g/mol. The molecule has 0 aliphatic heterocycles. The first-order valence-corrected chi connectivity index (χ1v) is 6.40. The van der Waals surface area contributed by atoms with Gasteiger partial charge in [0.1, 0.15) is 5.75 Å². The molecule has 0 aromatic heterocycles. The molecule has 1 N–H and O–H groups in total. The zero-order valence-electron chi connectivity index (χ0n) is 9.83. The zero-order valence-corrected chi connectivity index (χ0v) is 10.6.